The molecule has 5 heteroatoms. The van der Waals surface area contributed by atoms with Crippen molar-refractivity contribution in [2.45, 2.75) is 6.10 Å². The third-order valence-electron chi connectivity index (χ3n) is 1.88. The number of phenolic OH excluding ortho intramolecular Hbond substituents is 2. The smallest absolute Gasteiger partial charge is 0.176 e. The lowest BCUT2D eigenvalue weighted by molar-refractivity contribution is 0.177. The van der Waals surface area contributed by atoms with Gasteiger partial charge in [0.2, 0.25) is 0 Å². The predicted octanol–water partition coefficient (Wildman–Crippen LogP) is 1.00. The highest BCUT2D eigenvalue weighted by molar-refractivity contribution is 6.33. The van der Waals surface area contributed by atoms with E-state index in [0.29, 0.717) is 12.1 Å². The highest BCUT2D eigenvalue weighted by Gasteiger charge is 2.15. The van der Waals surface area contributed by atoms with E-state index in [0.717, 1.165) is 0 Å². The fourth-order valence-electron chi connectivity index (χ4n) is 1.13. The van der Waals surface area contributed by atoms with Crippen LogP contribution in [-0.2, 0) is 0 Å². The molecule has 1 aromatic rings. The van der Waals surface area contributed by atoms with Gasteiger partial charge in [0.1, 0.15) is 0 Å². The molecule has 0 saturated heterocycles. The Morgan fingerprint density at radius 1 is 1.43 bits per heavy atom. The van der Waals surface area contributed by atoms with Crippen molar-refractivity contribution in [2.75, 3.05) is 13.6 Å². The second-order valence-corrected chi connectivity index (χ2v) is 3.29. The number of aliphatic hydroxyl groups is 1. The number of aliphatic hydroxyl groups excluding tert-OH is 1. The summed E-state index contributed by atoms with van der Waals surface area (Å²) in [7, 11) is 1.69. The zero-order chi connectivity index (χ0) is 10.7. The summed E-state index contributed by atoms with van der Waals surface area (Å²) in [5.41, 5.74) is 0.385. The van der Waals surface area contributed by atoms with Gasteiger partial charge in [-0.1, -0.05) is 17.7 Å². The number of hydrogen-bond acceptors (Lipinski definition) is 4. The van der Waals surface area contributed by atoms with Crippen LogP contribution < -0.4 is 5.32 Å². The van der Waals surface area contributed by atoms with Gasteiger partial charge in [-0.25, -0.2) is 0 Å². The van der Waals surface area contributed by atoms with E-state index >= 15 is 0 Å². The molecule has 0 fully saturated rings. The lowest BCUT2D eigenvalue weighted by Crippen LogP contribution is -2.16. The van der Waals surface area contributed by atoms with Crippen LogP contribution in [0.2, 0.25) is 5.02 Å². The Morgan fingerprint density at radius 3 is 2.64 bits per heavy atom. The number of likely N-dealkylation sites (N-methyl/N-ethyl adjacent to an activating group) is 1. The van der Waals surface area contributed by atoms with Crippen molar-refractivity contribution < 1.29 is 15.3 Å². The average molecular weight is 218 g/mol. The first-order valence-electron chi connectivity index (χ1n) is 4.11. The third-order valence-corrected chi connectivity index (χ3v) is 2.28. The van der Waals surface area contributed by atoms with Crippen molar-refractivity contribution in [1.82, 2.24) is 5.32 Å². The fraction of sp³-hybridized carbons (Fsp3) is 0.333. The number of rotatable bonds is 3. The second kappa shape index (κ2) is 4.50. The van der Waals surface area contributed by atoms with Crippen LogP contribution in [-0.4, -0.2) is 28.9 Å². The van der Waals surface area contributed by atoms with Crippen LogP contribution in [0, 0.1) is 0 Å². The van der Waals surface area contributed by atoms with Crippen molar-refractivity contribution in [2.24, 2.45) is 0 Å². The van der Waals surface area contributed by atoms with Crippen molar-refractivity contribution in [3.8, 4) is 11.5 Å². The van der Waals surface area contributed by atoms with E-state index in [1.165, 1.54) is 12.1 Å². The minimum Gasteiger partial charge on any atom is -0.504 e. The van der Waals surface area contributed by atoms with Gasteiger partial charge in [0.15, 0.2) is 11.5 Å². The first kappa shape index (κ1) is 11.1. The van der Waals surface area contributed by atoms with Crippen LogP contribution in [0.25, 0.3) is 0 Å². The Morgan fingerprint density at radius 2 is 2.07 bits per heavy atom. The first-order chi connectivity index (χ1) is 6.57. The van der Waals surface area contributed by atoms with E-state index in [1.54, 1.807) is 7.05 Å². The molecule has 78 valence electrons. The summed E-state index contributed by atoms with van der Waals surface area (Å²) in [6.07, 6.45) is -0.806. The molecule has 4 N–H and O–H groups in total. The Balaban J connectivity index is 3.04. The van der Waals surface area contributed by atoms with Gasteiger partial charge in [-0.15, -0.1) is 0 Å². The Hall–Kier alpha value is -0.970. The van der Waals surface area contributed by atoms with E-state index in [2.05, 4.69) is 5.32 Å². The summed E-state index contributed by atoms with van der Waals surface area (Å²) in [4.78, 5) is 0. The Labute approximate surface area is 86.8 Å². The summed E-state index contributed by atoms with van der Waals surface area (Å²) in [5, 5.41) is 30.7. The predicted molar refractivity (Wildman–Crippen MR) is 53.7 cm³/mol. The van der Waals surface area contributed by atoms with Crippen LogP contribution in [0.15, 0.2) is 12.1 Å². The van der Waals surface area contributed by atoms with Crippen LogP contribution in [0.4, 0.5) is 0 Å². The SMILES string of the molecule is CNCC(O)c1ccc(O)c(O)c1Cl. The summed E-state index contributed by atoms with van der Waals surface area (Å²) in [5.74, 6) is -0.699. The van der Waals surface area contributed by atoms with Crippen molar-refractivity contribution in [3.05, 3.63) is 22.7 Å². The highest BCUT2D eigenvalue weighted by atomic mass is 35.5. The molecule has 0 aliphatic heterocycles. The summed E-state index contributed by atoms with van der Waals surface area (Å²) in [6.45, 7) is 0.323. The minimum absolute atomic E-state index is 0.0206. The largest absolute Gasteiger partial charge is 0.504 e. The molecule has 0 amide bonds. The van der Waals surface area contributed by atoms with Gasteiger partial charge in [0.05, 0.1) is 11.1 Å². The molecule has 1 atom stereocenters. The van der Waals surface area contributed by atoms with Gasteiger partial charge in [-0.2, -0.15) is 0 Å². The fourth-order valence-corrected chi connectivity index (χ4v) is 1.42. The molecular weight excluding hydrogens is 206 g/mol. The zero-order valence-corrected chi connectivity index (χ0v) is 8.41. The molecule has 0 saturated carbocycles. The van der Waals surface area contributed by atoms with Crippen LogP contribution in [0.5, 0.6) is 11.5 Å². The second-order valence-electron chi connectivity index (χ2n) is 2.91. The van der Waals surface area contributed by atoms with E-state index in [1.807, 2.05) is 0 Å². The topological polar surface area (TPSA) is 72.7 Å². The standard InChI is InChI=1S/C9H12ClNO3/c1-11-4-7(13)5-2-3-6(12)9(14)8(5)10/h2-3,7,11-14H,4H2,1H3. The van der Waals surface area contributed by atoms with Crippen molar-refractivity contribution in [3.63, 3.8) is 0 Å². The molecule has 0 aliphatic rings. The molecule has 4 nitrogen and oxygen atoms in total. The summed E-state index contributed by atoms with van der Waals surface area (Å²) >= 11 is 5.73. The molecule has 0 aromatic heterocycles. The average Bonchev–Trinajstić information content (AvgIpc) is 2.15. The van der Waals surface area contributed by atoms with E-state index < -0.39 is 11.9 Å². The van der Waals surface area contributed by atoms with Crippen LogP contribution in [0.3, 0.4) is 0 Å². The Kier molecular flexibility index (Phi) is 3.57. The van der Waals surface area contributed by atoms with Gasteiger partial charge in [0, 0.05) is 12.1 Å². The number of aromatic hydroxyl groups is 2. The number of phenols is 2. The molecule has 1 rings (SSSR count). The summed E-state index contributed by atoms with van der Waals surface area (Å²) < 4.78 is 0. The number of benzene rings is 1. The van der Waals surface area contributed by atoms with Crippen LogP contribution in [0.1, 0.15) is 11.7 Å². The zero-order valence-electron chi connectivity index (χ0n) is 7.66. The Bertz CT molecular complexity index is 330. The first-order valence-corrected chi connectivity index (χ1v) is 4.48. The van der Waals surface area contributed by atoms with E-state index in [-0.39, 0.29) is 10.8 Å². The molecule has 1 aromatic carbocycles. The van der Waals surface area contributed by atoms with Crippen LogP contribution >= 0.6 is 11.6 Å². The van der Waals surface area contributed by atoms with Gasteiger partial charge in [-0.3, -0.25) is 0 Å². The molecule has 0 bridgehead atoms. The highest BCUT2D eigenvalue weighted by Crippen LogP contribution is 2.37. The minimum atomic E-state index is -0.806. The quantitative estimate of drug-likeness (QED) is 0.570. The molecule has 0 aliphatic carbocycles. The van der Waals surface area contributed by atoms with Gasteiger partial charge in [0.25, 0.3) is 0 Å². The lowest BCUT2D eigenvalue weighted by Gasteiger charge is -2.13. The third kappa shape index (κ3) is 2.09. The van der Waals surface area contributed by atoms with Crippen molar-refractivity contribution >= 4 is 11.6 Å². The maximum absolute atomic E-state index is 9.58. The summed E-state index contributed by atoms with van der Waals surface area (Å²) in [6, 6.07) is 2.76. The maximum Gasteiger partial charge on any atom is 0.176 e. The normalized spacial score (nSPS) is 12.8. The molecule has 1 unspecified atom stereocenters. The van der Waals surface area contributed by atoms with Gasteiger partial charge < -0.3 is 20.6 Å². The lowest BCUT2D eigenvalue weighted by atomic mass is 10.1. The van der Waals surface area contributed by atoms with E-state index in [9.17, 15) is 10.2 Å². The molecule has 0 spiro atoms. The number of nitrogens with one attached hydrogen (secondary N) is 1. The van der Waals surface area contributed by atoms with E-state index in [4.69, 9.17) is 16.7 Å². The van der Waals surface area contributed by atoms with Gasteiger partial charge in [-0.05, 0) is 13.1 Å². The van der Waals surface area contributed by atoms with Gasteiger partial charge >= 0.3 is 0 Å². The molecular formula is C9H12ClNO3. The molecule has 0 radical (unpaired) electrons. The maximum atomic E-state index is 9.58. The number of halogens is 1. The number of hydrogen-bond donors (Lipinski definition) is 4. The van der Waals surface area contributed by atoms with Crippen molar-refractivity contribution in [1.29, 1.82) is 0 Å². The monoisotopic (exact) mass is 217 g/mol. The molecule has 0 heterocycles. The molecule has 14 heavy (non-hydrogen) atoms.